The second-order valence-corrected chi connectivity index (χ2v) is 13.1. The van der Waals surface area contributed by atoms with Crippen molar-refractivity contribution < 1.29 is 4.42 Å². The first kappa shape index (κ1) is 26.5. The summed E-state index contributed by atoms with van der Waals surface area (Å²) in [4.78, 5) is 12.9. The van der Waals surface area contributed by atoms with Crippen molar-refractivity contribution in [2.75, 3.05) is 0 Å². The van der Waals surface area contributed by atoms with Crippen LogP contribution in [-0.2, 0) is 5.41 Å². The third kappa shape index (κ3) is 3.76. The molecule has 0 amide bonds. The average Bonchev–Trinajstić information content (AvgIpc) is 3.74. The van der Waals surface area contributed by atoms with Crippen LogP contribution >= 0.6 is 11.8 Å². The molecular formula is C43H26N2OS. The molecule has 0 N–H and O–H groups in total. The number of hydrogen-bond acceptors (Lipinski definition) is 4. The Labute approximate surface area is 276 Å². The zero-order valence-corrected chi connectivity index (χ0v) is 26.0. The van der Waals surface area contributed by atoms with Crippen LogP contribution in [0.25, 0.3) is 56.0 Å². The fourth-order valence-corrected chi connectivity index (χ4v) is 8.98. The molecule has 0 fully saturated rings. The van der Waals surface area contributed by atoms with E-state index in [2.05, 4.69) is 140 Å². The Hall–Kier alpha value is -5.71. The van der Waals surface area contributed by atoms with Gasteiger partial charge in [-0.15, -0.1) is 0 Å². The molecule has 8 aromatic rings. The van der Waals surface area contributed by atoms with Crippen molar-refractivity contribution >= 4 is 22.7 Å². The molecule has 2 aromatic heterocycles. The smallest absolute Gasteiger partial charge is 0.161 e. The first-order valence-electron chi connectivity index (χ1n) is 15.8. The van der Waals surface area contributed by atoms with Crippen LogP contribution < -0.4 is 0 Å². The van der Waals surface area contributed by atoms with Crippen LogP contribution in [0.2, 0.25) is 0 Å². The third-order valence-electron chi connectivity index (χ3n) is 9.65. The van der Waals surface area contributed by atoms with E-state index in [1.165, 1.54) is 43.2 Å². The summed E-state index contributed by atoms with van der Waals surface area (Å²) in [7, 11) is 0. The van der Waals surface area contributed by atoms with Crippen molar-refractivity contribution in [3.63, 3.8) is 0 Å². The number of furan rings is 1. The molecule has 2 aliphatic rings. The van der Waals surface area contributed by atoms with Gasteiger partial charge in [-0.25, -0.2) is 9.97 Å². The predicted octanol–water partition coefficient (Wildman–Crippen LogP) is 11.1. The molecular weight excluding hydrogens is 593 g/mol. The highest BCUT2D eigenvalue weighted by atomic mass is 32.2. The Morgan fingerprint density at radius 2 is 1.15 bits per heavy atom. The minimum absolute atomic E-state index is 0.528. The van der Waals surface area contributed by atoms with E-state index in [4.69, 9.17) is 14.4 Å². The maximum Gasteiger partial charge on any atom is 0.161 e. The van der Waals surface area contributed by atoms with Gasteiger partial charge in [0.1, 0.15) is 5.58 Å². The Bertz CT molecular complexity index is 2440. The summed E-state index contributed by atoms with van der Waals surface area (Å²) in [5.74, 6) is 0.720. The first-order chi connectivity index (χ1) is 23.3. The molecule has 1 spiro atoms. The van der Waals surface area contributed by atoms with Crippen LogP contribution in [0.5, 0.6) is 0 Å². The van der Waals surface area contributed by atoms with Gasteiger partial charge < -0.3 is 4.42 Å². The highest BCUT2D eigenvalue weighted by Gasteiger charge is 2.51. The molecule has 10 rings (SSSR count). The van der Waals surface area contributed by atoms with Gasteiger partial charge in [-0.1, -0.05) is 145 Å². The van der Waals surface area contributed by atoms with Crippen LogP contribution in [0.3, 0.4) is 0 Å². The van der Waals surface area contributed by atoms with Crippen LogP contribution in [0.4, 0.5) is 0 Å². The molecule has 1 atom stereocenters. The minimum Gasteiger partial charge on any atom is -0.464 e. The van der Waals surface area contributed by atoms with Gasteiger partial charge in [0.2, 0.25) is 0 Å². The van der Waals surface area contributed by atoms with Crippen molar-refractivity contribution in [1.29, 1.82) is 0 Å². The Kier molecular flexibility index (Phi) is 5.72. The lowest BCUT2D eigenvalue weighted by molar-refractivity contribution is 0.616. The molecule has 47 heavy (non-hydrogen) atoms. The van der Waals surface area contributed by atoms with Gasteiger partial charge in [-0.2, -0.15) is 0 Å². The molecule has 0 radical (unpaired) electrons. The number of fused-ring (bicyclic) bond motifs is 11. The van der Waals surface area contributed by atoms with Crippen molar-refractivity contribution in [3.05, 3.63) is 180 Å². The van der Waals surface area contributed by atoms with Gasteiger partial charge in [0, 0.05) is 37.4 Å². The zero-order valence-electron chi connectivity index (χ0n) is 25.2. The van der Waals surface area contributed by atoms with Crippen LogP contribution in [0, 0.1) is 0 Å². The molecule has 6 aromatic carbocycles. The normalized spacial score (nSPS) is 15.7. The number of nitrogens with zero attached hydrogens (tertiary/aromatic N) is 2. The highest BCUT2D eigenvalue weighted by Crippen LogP contribution is 2.64. The predicted molar refractivity (Wildman–Crippen MR) is 190 cm³/mol. The monoisotopic (exact) mass is 618 g/mol. The van der Waals surface area contributed by atoms with Crippen molar-refractivity contribution in [2.24, 2.45) is 0 Å². The van der Waals surface area contributed by atoms with Crippen LogP contribution in [0.15, 0.2) is 172 Å². The molecule has 1 aliphatic carbocycles. The largest absolute Gasteiger partial charge is 0.464 e. The number of aromatic nitrogens is 2. The maximum atomic E-state index is 6.21. The van der Waals surface area contributed by atoms with Crippen molar-refractivity contribution in [1.82, 2.24) is 9.97 Å². The maximum absolute atomic E-state index is 6.21. The fraction of sp³-hybridized carbons (Fsp3) is 0.0233. The lowest BCUT2D eigenvalue weighted by atomic mass is 9.67. The molecule has 0 bridgehead atoms. The fourth-order valence-electron chi connectivity index (χ4n) is 7.69. The van der Waals surface area contributed by atoms with Gasteiger partial charge in [-0.3, -0.25) is 0 Å². The second kappa shape index (κ2) is 10.1. The Balaban J connectivity index is 1.29. The topological polar surface area (TPSA) is 38.9 Å². The zero-order chi connectivity index (χ0) is 31.0. The SMILES string of the molecule is c1ccc(-c2cc(-c3ccccc3)nc(-c3cccc4c3Sc3ccccc3C43c4ccccc4-c4c3ccc3ccoc43)n2)cc1. The van der Waals surface area contributed by atoms with E-state index in [1.54, 1.807) is 6.26 Å². The summed E-state index contributed by atoms with van der Waals surface area (Å²) >= 11 is 1.82. The lowest BCUT2D eigenvalue weighted by Crippen LogP contribution is -2.32. The Morgan fingerprint density at radius 3 is 1.91 bits per heavy atom. The summed E-state index contributed by atoms with van der Waals surface area (Å²) in [6, 6.07) is 53.8. The highest BCUT2D eigenvalue weighted by molar-refractivity contribution is 7.99. The lowest BCUT2D eigenvalue weighted by Gasteiger charge is -2.40. The van der Waals surface area contributed by atoms with Crippen LogP contribution in [0.1, 0.15) is 22.3 Å². The number of hydrogen-bond donors (Lipinski definition) is 0. The van der Waals surface area contributed by atoms with Crippen molar-refractivity contribution in [3.8, 4) is 45.0 Å². The summed E-state index contributed by atoms with van der Waals surface area (Å²) in [6.45, 7) is 0. The van der Waals surface area contributed by atoms with E-state index in [1.807, 2.05) is 23.9 Å². The molecule has 3 heterocycles. The van der Waals surface area contributed by atoms with E-state index in [-0.39, 0.29) is 0 Å². The van der Waals surface area contributed by atoms with Crippen molar-refractivity contribution in [2.45, 2.75) is 15.2 Å². The molecule has 1 aliphatic heterocycles. The van der Waals surface area contributed by atoms with Crippen LogP contribution in [-0.4, -0.2) is 9.97 Å². The molecule has 0 saturated carbocycles. The number of benzene rings is 6. The van der Waals surface area contributed by atoms with Gasteiger partial charge in [0.25, 0.3) is 0 Å². The summed E-state index contributed by atoms with van der Waals surface area (Å²) in [5.41, 5.74) is 12.8. The van der Waals surface area contributed by atoms with E-state index in [9.17, 15) is 0 Å². The minimum atomic E-state index is -0.528. The number of rotatable bonds is 3. The van der Waals surface area contributed by atoms with Gasteiger partial charge in [0.05, 0.1) is 23.1 Å². The molecule has 3 nitrogen and oxygen atoms in total. The average molecular weight is 619 g/mol. The van der Waals surface area contributed by atoms with E-state index >= 15 is 0 Å². The molecule has 4 heteroatoms. The Morgan fingerprint density at radius 1 is 0.511 bits per heavy atom. The third-order valence-corrected chi connectivity index (χ3v) is 10.9. The summed E-state index contributed by atoms with van der Waals surface area (Å²) in [5, 5.41) is 1.11. The van der Waals surface area contributed by atoms with E-state index in [0.29, 0.717) is 0 Å². The van der Waals surface area contributed by atoms with Gasteiger partial charge >= 0.3 is 0 Å². The standard InChI is InChI=1S/C43H26N2OS/c1-3-12-27(13-4-1)36-26-37(28-14-5-2-6-15-28)45-42(44-36)31-17-11-20-35-41(31)47-38-21-10-9-19-33(38)43(35)32-18-8-7-16-30(32)39-34(43)23-22-29-24-25-46-40(29)39/h1-26H. The van der Waals surface area contributed by atoms with Gasteiger partial charge in [0.15, 0.2) is 5.82 Å². The molecule has 220 valence electrons. The quantitative estimate of drug-likeness (QED) is 0.197. The second-order valence-electron chi connectivity index (χ2n) is 12.1. The summed E-state index contributed by atoms with van der Waals surface area (Å²) in [6.07, 6.45) is 1.80. The molecule has 1 unspecified atom stereocenters. The van der Waals surface area contributed by atoms with E-state index < -0.39 is 5.41 Å². The van der Waals surface area contributed by atoms with E-state index in [0.717, 1.165) is 44.9 Å². The summed E-state index contributed by atoms with van der Waals surface area (Å²) < 4.78 is 6.21. The van der Waals surface area contributed by atoms with Gasteiger partial charge in [-0.05, 0) is 46.0 Å². The molecule has 0 saturated heterocycles. The first-order valence-corrected chi connectivity index (χ1v) is 16.6.